The molecular formula is C17H20N2O2. The average Bonchev–Trinajstić information content (AvgIpc) is 2.50. The first-order valence-corrected chi connectivity index (χ1v) is 7.41. The number of fused-ring (bicyclic) bond motifs is 1. The van der Waals surface area contributed by atoms with Gasteiger partial charge in [0.25, 0.3) is 5.56 Å². The molecule has 0 saturated carbocycles. The summed E-state index contributed by atoms with van der Waals surface area (Å²) in [5, 5.41) is 0. The van der Waals surface area contributed by atoms with Gasteiger partial charge in [0.15, 0.2) is 0 Å². The van der Waals surface area contributed by atoms with Gasteiger partial charge in [0.2, 0.25) is 0 Å². The minimum atomic E-state index is -0.00596. The maximum absolute atomic E-state index is 11.6. The van der Waals surface area contributed by atoms with Crippen molar-refractivity contribution in [1.29, 1.82) is 0 Å². The van der Waals surface area contributed by atoms with E-state index in [2.05, 4.69) is 6.07 Å². The molecule has 0 spiro atoms. The van der Waals surface area contributed by atoms with Crippen LogP contribution in [0.2, 0.25) is 0 Å². The lowest BCUT2D eigenvalue weighted by Crippen LogP contribution is -2.21. The molecule has 1 aromatic heterocycles. The molecule has 0 fully saturated rings. The standard InChI is InChI=1S/C17H20N2O2/c18-16-5-3-4-13-7-8-14(12-15(13)16)21-11-10-19-9-2-1-6-17(19)20/h1-2,6-9,12,16H,3-5,10-11,18H2/t16-/m1/s1. The summed E-state index contributed by atoms with van der Waals surface area (Å²) in [6, 6.07) is 11.4. The van der Waals surface area contributed by atoms with E-state index in [-0.39, 0.29) is 11.6 Å². The number of rotatable bonds is 4. The van der Waals surface area contributed by atoms with Crippen LogP contribution in [0.15, 0.2) is 47.4 Å². The van der Waals surface area contributed by atoms with Crippen molar-refractivity contribution >= 4 is 0 Å². The van der Waals surface area contributed by atoms with Gasteiger partial charge in [0, 0.05) is 18.3 Å². The molecule has 0 bridgehead atoms. The Morgan fingerprint density at radius 2 is 2.19 bits per heavy atom. The number of hydrogen-bond donors (Lipinski definition) is 1. The number of hydrogen-bond acceptors (Lipinski definition) is 3. The maximum Gasteiger partial charge on any atom is 0.250 e. The molecule has 3 rings (SSSR count). The second-order valence-corrected chi connectivity index (χ2v) is 5.44. The lowest BCUT2D eigenvalue weighted by Gasteiger charge is -2.22. The van der Waals surface area contributed by atoms with E-state index in [4.69, 9.17) is 10.5 Å². The number of nitrogens with two attached hydrogens (primary N) is 1. The van der Waals surface area contributed by atoms with Crippen LogP contribution in [0.25, 0.3) is 0 Å². The number of aryl methyl sites for hydroxylation is 1. The summed E-state index contributed by atoms with van der Waals surface area (Å²) < 4.78 is 7.41. The van der Waals surface area contributed by atoms with Crippen LogP contribution in [-0.2, 0) is 13.0 Å². The van der Waals surface area contributed by atoms with E-state index in [9.17, 15) is 4.79 Å². The van der Waals surface area contributed by atoms with Crippen molar-refractivity contribution in [3.8, 4) is 5.75 Å². The van der Waals surface area contributed by atoms with Crippen LogP contribution in [0, 0.1) is 0 Å². The zero-order chi connectivity index (χ0) is 14.7. The quantitative estimate of drug-likeness (QED) is 0.937. The average molecular weight is 284 g/mol. The molecule has 1 atom stereocenters. The van der Waals surface area contributed by atoms with Crippen LogP contribution in [0.4, 0.5) is 0 Å². The van der Waals surface area contributed by atoms with Crippen LogP contribution < -0.4 is 16.0 Å². The summed E-state index contributed by atoms with van der Waals surface area (Å²) in [5.74, 6) is 0.829. The number of ether oxygens (including phenoxy) is 1. The Morgan fingerprint density at radius 3 is 3.05 bits per heavy atom. The normalized spacial score (nSPS) is 17.3. The lowest BCUT2D eigenvalue weighted by atomic mass is 9.88. The van der Waals surface area contributed by atoms with Crippen molar-refractivity contribution in [2.75, 3.05) is 6.61 Å². The summed E-state index contributed by atoms with van der Waals surface area (Å²) >= 11 is 0. The van der Waals surface area contributed by atoms with Gasteiger partial charge in [-0.3, -0.25) is 4.79 Å². The van der Waals surface area contributed by atoms with Crippen LogP contribution >= 0.6 is 0 Å². The molecule has 0 saturated heterocycles. The Hall–Kier alpha value is -2.07. The lowest BCUT2D eigenvalue weighted by molar-refractivity contribution is 0.295. The first-order valence-electron chi connectivity index (χ1n) is 7.41. The minimum Gasteiger partial charge on any atom is -0.492 e. The Bertz CT molecular complexity index is 678. The second-order valence-electron chi connectivity index (χ2n) is 5.44. The van der Waals surface area contributed by atoms with Gasteiger partial charge in [-0.2, -0.15) is 0 Å². The van der Waals surface area contributed by atoms with Gasteiger partial charge in [-0.15, -0.1) is 0 Å². The fourth-order valence-electron chi connectivity index (χ4n) is 2.81. The van der Waals surface area contributed by atoms with E-state index in [1.807, 2.05) is 18.2 Å². The zero-order valence-electron chi connectivity index (χ0n) is 12.0. The topological polar surface area (TPSA) is 57.2 Å². The molecule has 2 aromatic rings. The highest BCUT2D eigenvalue weighted by molar-refractivity contribution is 5.39. The zero-order valence-corrected chi connectivity index (χ0v) is 12.0. The molecule has 4 heteroatoms. The summed E-state index contributed by atoms with van der Waals surface area (Å²) in [7, 11) is 0. The van der Waals surface area contributed by atoms with Crippen LogP contribution in [0.5, 0.6) is 5.75 Å². The maximum atomic E-state index is 11.6. The van der Waals surface area contributed by atoms with Crippen molar-refractivity contribution in [2.45, 2.75) is 31.8 Å². The Labute approximate surface area is 124 Å². The van der Waals surface area contributed by atoms with Gasteiger partial charge < -0.3 is 15.0 Å². The van der Waals surface area contributed by atoms with Gasteiger partial charge in [-0.25, -0.2) is 0 Å². The minimum absolute atomic E-state index is 0.00596. The fraction of sp³-hybridized carbons (Fsp3) is 0.353. The SMILES string of the molecule is N[C@@H]1CCCc2ccc(OCCn3ccccc3=O)cc21. The smallest absolute Gasteiger partial charge is 0.250 e. The summed E-state index contributed by atoms with van der Waals surface area (Å²) in [5.41, 5.74) is 8.69. The molecule has 0 unspecified atom stereocenters. The summed E-state index contributed by atoms with van der Waals surface area (Å²) in [6.45, 7) is 1.01. The van der Waals surface area contributed by atoms with Gasteiger partial charge in [0.05, 0.1) is 6.54 Å². The Morgan fingerprint density at radius 1 is 1.29 bits per heavy atom. The molecule has 1 aliphatic carbocycles. The Balaban J connectivity index is 1.65. The van der Waals surface area contributed by atoms with E-state index in [0.717, 1.165) is 25.0 Å². The first-order chi connectivity index (χ1) is 10.2. The van der Waals surface area contributed by atoms with E-state index in [1.54, 1.807) is 22.9 Å². The van der Waals surface area contributed by atoms with Crippen LogP contribution in [0.3, 0.4) is 0 Å². The fourth-order valence-corrected chi connectivity index (χ4v) is 2.81. The molecule has 110 valence electrons. The van der Waals surface area contributed by atoms with Crippen molar-refractivity contribution in [3.05, 3.63) is 64.1 Å². The molecular weight excluding hydrogens is 264 g/mol. The van der Waals surface area contributed by atoms with E-state index in [0.29, 0.717) is 13.2 Å². The Kier molecular flexibility index (Phi) is 4.06. The highest BCUT2D eigenvalue weighted by atomic mass is 16.5. The molecule has 0 aliphatic heterocycles. The predicted molar refractivity (Wildman–Crippen MR) is 82.5 cm³/mol. The van der Waals surface area contributed by atoms with Gasteiger partial charge in [-0.05, 0) is 48.6 Å². The number of benzene rings is 1. The molecule has 0 amide bonds. The highest BCUT2D eigenvalue weighted by Gasteiger charge is 2.17. The first kappa shape index (κ1) is 13.9. The van der Waals surface area contributed by atoms with E-state index >= 15 is 0 Å². The number of aromatic nitrogens is 1. The van der Waals surface area contributed by atoms with Crippen molar-refractivity contribution in [1.82, 2.24) is 4.57 Å². The monoisotopic (exact) mass is 284 g/mol. The molecule has 4 nitrogen and oxygen atoms in total. The van der Waals surface area contributed by atoms with Crippen LogP contribution in [0.1, 0.15) is 30.0 Å². The van der Waals surface area contributed by atoms with Gasteiger partial charge in [0.1, 0.15) is 12.4 Å². The van der Waals surface area contributed by atoms with Gasteiger partial charge >= 0.3 is 0 Å². The molecule has 0 radical (unpaired) electrons. The van der Waals surface area contributed by atoms with E-state index in [1.165, 1.54) is 11.1 Å². The van der Waals surface area contributed by atoms with Gasteiger partial charge in [-0.1, -0.05) is 12.1 Å². The largest absolute Gasteiger partial charge is 0.492 e. The number of nitrogens with zero attached hydrogens (tertiary/aromatic N) is 1. The molecule has 1 heterocycles. The predicted octanol–water partition coefficient (Wildman–Crippen LogP) is 2.26. The van der Waals surface area contributed by atoms with Crippen molar-refractivity contribution in [3.63, 3.8) is 0 Å². The summed E-state index contributed by atoms with van der Waals surface area (Å²) in [4.78, 5) is 11.6. The number of pyridine rings is 1. The molecule has 1 aliphatic rings. The summed E-state index contributed by atoms with van der Waals surface area (Å²) in [6.07, 6.45) is 5.07. The van der Waals surface area contributed by atoms with Crippen LogP contribution in [-0.4, -0.2) is 11.2 Å². The van der Waals surface area contributed by atoms with E-state index < -0.39 is 0 Å². The third-order valence-electron chi connectivity index (χ3n) is 3.98. The molecule has 2 N–H and O–H groups in total. The third-order valence-corrected chi connectivity index (χ3v) is 3.98. The highest BCUT2D eigenvalue weighted by Crippen LogP contribution is 2.30. The molecule has 1 aromatic carbocycles. The third kappa shape index (κ3) is 3.16. The van der Waals surface area contributed by atoms with Crippen molar-refractivity contribution < 1.29 is 4.74 Å². The molecule has 21 heavy (non-hydrogen) atoms. The second kappa shape index (κ2) is 6.14. The van der Waals surface area contributed by atoms with Crippen molar-refractivity contribution in [2.24, 2.45) is 5.73 Å².